The normalized spacial score (nSPS) is 17.9. The van der Waals surface area contributed by atoms with Crippen molar-refractivity contribution in [1.82, 2.24) is 9.97 Å². The van der Waals surface area contributed by atoms with Crippen molar-refractivity contribution in [1.29, 1.82) is 0 Å². The van der Waals surface area contributed by atoms with Crippen LogP contribution in [-0.2, 0) is 0 Å². The highest BCUT2D eigenvalue weighted by Crippen LogP contribution is 2.30. The van der Waals surface area contributed by atoms with E-state index >= 15 is 0 Å². The molecule has 0 saturated heterocycles. The van der Waals surface area contributed by atoms with E-state index in [-0.39, 0.29) is 5.92 Å². The summed E-state index contributed by atoms with van der Waals surface area (Å²) in [6.07, 6.45) is 10.8. The van der Waals surface area contributed by atoms with E-state index in [1.54, 1.807) is 12.3 Å². The van der Waals surface area contributed by atoms with Gasteiger partial charge in [-0.15, -0.1) is 0 Å². The molecule has 1 aliphatic rings. The molecule has 0 bridgehead atoms. The third kappa shape index (κ3) is 2.52. The average molecular weight is 266 g/mol. The number of aromatic nitrogens is 2. The van der Waals surface area contributed by atoms with Gasteiger partial charge in [0.1, 0.15) is 0 Å². The summed E-state index contributed by atoms with van der Waals surface area (Å²) in [4.78, 5) is 8.13. The molecule has 0 aromatic carbocycles. The predicted molar refractivity (Wildman–Crippen MR) is 77.6 cm³/mol. The standard InChI is InChI=1S/C17H15FN2/c1-12-9-10-19-11-15(12)13-5-7-14(8-6-13)16-3-2-4-17(18)20-16/h2-7,9-11,14H,8H2,1H3. The molecule has 3 rings (SSSR count). The lowest BCUT2D eigenvalue weighted by molar-refractivity contribution is 0.572. The van der Waals surface area contributed by atoms with Crippen molar-refractivity contribution in [3.63, 3.8) is 0 Å². The molecule has 0 fully saturated rings. The number of hydrogen-bond donors (Lipinski definition) is 0. The van der Waals surface area contributed by atoms with E-state index in [0.717, 1.165) is 17.7 Å². The number of halogens is 1. The van der Waals surface area contributed by atoms with Gasteiger partial charge in [0, 0.05) is 23.9 Å². The van der Waals surface area contributed by atoms with E-state index in [2.05, 4.69) is 35.1 Å². The Morgan fingerprint density at radius 2 is 2.15 bits per heavy atom. The zero-order chi connectivity index (χ0) is 13.9. The van der Waals surface area contributed by atoms with E-state index in [1.165, 1.54) is 17.2 Å². The van der Waals surface area contributed by atoms with Crippen LogP contribution in [0.1, 0.15) is 29.2 Å². The number of aryl methyl sites for hydroxylation is 1. The summed E-state index contributed by atoms with van der Waals surface area (Å²) in [6.45, 7) is 2.08. The minimum Gasteiger partial charge on any atom is -0.264 e. The Hall–Kier alpha value is -2.29. The van der Waals surface area contributed by atoms with Crippen LogP contribution >= 0.6 is 0 Å². The quantitative estimate of drug-likeness (QED) is 0.766. The Balaban J connectivity index is 1.83. The van der Waals surface area contributed by atoms with Crippen molar-refractivity contribution in [3.8, 4) is 0 Å². The fourth-order valence-electron chi connectivity index (χ4n) is 2.44. The molecule has 100 valence electrons. The van der Waals surface area contributed by atoms with Gasteiger partial charge in [-0.05, 0) is 42.7 Å². The fraction of sp³-hybridized carbons (Fsp3) is 0.176. The summed E-state index contributed by atoms with van der Waals surface area (Å²) in [7, 11) is 0. The van der Waals surface area contributed by atoms with E-state index in [4.69, 9.17) is 0 Å². The lowest BCUT2D eigenvalue weighted by atomic mass is 9.90. The third-order valence-electron chi connectivity index (χ3n) is 3.57. The maximum absolute atomic E-state index is 13.2. The zero-order valence-electron chi connectivity index (χ0n) is 11.3. The number of pyridine rings is 2. The van der Waals surface area contributed by atoms with Gasteiger partial charge in [-0.25, -0.2) is 4.98 Å². The summed E-state index contributed by atoms with van der Waals surface area (Å²) in [5.41, 5.74) is 4.30. The Morgan fingerprint density at radius 1 is 1.25 bits per heavy atom. The van der Waals surface area contributed by atoms with E-state index in [0.29, 0.717) is 0 Å². The van der Waals surface area contributed by atoms with E-state index < -0.39 is 5.95 Å². The summed E-state index contributed by atoms with van der Waals surface area (Å²) < 4.78 is 13.2. The maximum atomic E-state index is 13.2. The molecule has 2 aromatic heterocycles. The van der Waals surface area contributed by atoms with E-state index in [9.17, 15) is 4.39 Å². The van der Waals surface area contributed by atoms with E-state index in [1.807, 2.05) is 18.3 Å². The highest BCUT2D eigenvalue weighted by molar-refractivity contribution is 5.76. The van der Waals surface area contributed by atoms with Crippen LogP contribution < -0.4 is 0 Å². The maximum Gasteiger partial charge on any atom is 0.213 e. The molecule has 0 aliphatic heterocycles. The molecule has 1 unspecified atom stereocenters. The molecule has 1 aliphatic carbocycles. The van der Waals surface area contributed by atoms with Gasteiger partial charge in [0.05, 0.1) is 5.69 Å². The molecule has 0 spiro atoms. The Bertz CT molecular complexity index is 689. The predicted octanol–water partition coefficient (Wildman–Crippen LogP) is 4.05. The molecule has 2 nitrogen and oxygen atoms in total. The first-order valence-corrected chi connectivity index (χ1v) is 6.66. The number of allylic oxidation sites excluding steroid dienone is 4. The summed E-state index contributed by atoms with van der Waals surface area (Å²) >= 11 is 0. The van der Waals surface area contributed by atoms with Crippen molar-refractivity contribution >= 4 is 5.57 Å². The first kappa shape index (κ1) is 12.7. The molecular formula is C17H15FN2. The zero-order valence-corrected chi connectivity index (χ0v) is 11.3. The van der Waals surface area contributed by atoms with Crippen LogP contribution in [0.4, 0.5) is 4.39 Å². The van der Waals surface area contributed by atoms with Crippen LogP contribution in [-0.4, -0.2) is 9.97 Å². The van der Waals surface area contributed by atoms with Gasteiger partial charge in [-0.3, -0.25) is 4.98 Å². The monoisotopic (exact) mass is 266 g/mol. The molecule has 2 aromatic rings. The lowest BCUT2D eigenvalue weighted by Crippen LogP contribution is -2.02. The Morgan fingerprint density at radius 3 is 2.85 bits per heavy atom. The van der Waals surface area contributed by atoms with Crippen LogP contribution in [0.15, 0.2) is 54.9 Å². The van der Waals surface area contributed by atoms with Gasteiger partial charge < -0.3 is 0 Å². The largest absolute Gasteiger partial charge is 0.264 e. The topological polar surface area (TPSA) is 25.8 Å². The molecular weight excluding hydrogens is 251 g/mol. The summed E-state index contributed by atoms with van der Waals surface area (Å²) in [5, 5.41) is 0. The smallest absolute Gasteiger partial charge is 0.213 e. The fourth-order valence-corrected chi connectivity index (χ4v) is 2.44. The third-order valence-corrected chi connectivity index (χ3v) is 3.57. The van der Waals surface area contributed by atoms with Gasteiger partial charge in [0.25, 0.3) is 0 Å². The SMILES string of the molecule is Cc1ccncc1C1=CCC(c2cccc(F)n2)C=C1. The molecule has 20 heavy (non-hydrogen) atoms. The van der Waals surface area contributed by atoms with Crippen LogP contribution in [0.3, 0.4) is 0 Å². The van der Waals surface area contributed by atoms with Crippen molar-refractivity contribution in [2.45, 2.75) is 19.3 Å². The number of nitrogens with zero attached hydrogens (tertiary/aromatic N) is 2. The second kappa shape index (κ2) is 5.37. The molecule has 0 N–H and O–H groups in total. The number of hydrogen-bond acceptors (Lipinski definition) is 2. The first-order valence-electron chi connectivity index (χ1n) is 6.66. The van der Waals surface area contributed by atoms with Gasteiger partial charge in [0.15, 0.2) is 0 Å². The first-order chi connectivity index (χ1) is 9.74. The van der Waals surface area contributed by atoms with Crippen LogP contribution in [0, 0.1) is 12.9 Å². The summed E-state index contributed by atoms with van der Waals surface area (Å²) in [5.74, 6) is -0.278. The van der Waals surface area contributed by atoms with Crippen LogP contribution in [0.2, 0.25) is 0 Å². The van der Waals surface area contributed by atoms with Crippen molar-refractivity contribution in [2.75, 3.05) is 0 Å². The second-order valence-corrected chi connectivity index (χ2v) is 4.94. The highest BCUT2D eigenvalue weighted by atomic mass is 19.1. The van der Waals surface area contributed by atoms with Crippen molar-refractivity contribution in [3.05, 3.63) is 77.7 Å². The molecule has 0 amide bonds. The molecule has 3 heteroatoms. The molecule has 1 atom stereocenters. The van der Waals surface area contributed by atoms with Gasteiger partial charge in [-0.1, -0.05) is 24.3 Å². The minimum atomic E-state index is -0.422. The van der Waals surface area contributed by atoms with Crippen molar-refractivity contribution < 1.29 is 4.39 Å². The van der Waals surface area contributed by atoms with Crippen LogP contribution in [0.5, 0.6) is 0 Å². The Kier molecular flexibility index (Phi) is 3.42. The minimum absolute atomic E-state index is 0.145. The Labute approximate surface area is 117 Å². The highest BCUT2D eigenvalue weighted by Gasteiger charge is 2.14. The molecule has 2 heterocycles. The summed E-state index contributed by atoms with van der Waals surface area (Å²) in [6, 6.07) is 6.95. The van der Waals surface area contributed by atoms with Crippen molar-refractivity contribution in [2.24, 2.45) is 0 Å². The van der Waals surface area contributed by atoms with Gasteiger partial charge >= 0.3 is 0 Å². The van der Waals surface area contributed by atoms with Crippen LogP contribution in [0.25, 0.3) is 5.57 Å². The molecule has 0 radical (unpaired) electrons. The second-order valence-electron chi connectivity index (χ2n) is 4.94. The van der Waals surface area contributed by atoms with Gasteiger partial charge in [0.2, 0.25) is 5.95 Å². The lowest BCUT2D eigenvalue weighted by Gasteiger charge is -2.16. The molecule has 0 saturated carbocycles. The van der Waals surface area contributed by atoms with Gasteiger partial charge in [-0.2, -0.15) is 4.39 Å². The number of rotatable bonds is 2. The average Bonchev–Trinajstić information content (AvgIpc) is 2.48.